The van der Waals surface area contributed by atoms with E-state index >= 15 is 0 Å². The number of carbonyl (C=O) groups excluding carboxylic acids is 1. The Bertz CT molecular complexity index is 375. The zero-order valence-corrected chi connectivity index (χ0v) is 9.36. The molecule has 1 rings (SSSR count). The largest absolute Gasteiger partial charge is 0.478 e. The van der Waals surface area contributed by atoms with E-state index in [2.05, 4.69) is 15.9 Å². The first kappa shape index (κ1) is 11.7. The molecule has 5 heteroatoms. The zero-order chi connectivity index (χ0) is 11.3. The molecule has 0 fully saturated rings. The summed E-state index contributed by atoms with van der Waals surface area (Å²) in [4.78, 5) is 22.2. The van der Waals surface area contributed by atoms with Crippen LogP contribution < -0.4 is 0 Å². The van der Waals surface area contributed by atoms with E-state index in [0.29, 0.717) is 5.33 Å². The van der Waals surface area contributed by atoms with E-state index < -0.39 is 11.9 Å². The Hall–Kier alpha value is -1.36. The number of carboxylic acid groups (broad SMARTS) is 1. The van der Waals surface area contributed by atoms with Crippen molar-refractivity contribution < 1.29 is 19.4 Å². The van der Waals surface area contributed by atoms with Crippen molar-refractivity contribution in [3.8, 4) is 0 Å². The molecule has 0 aliphatic rings. The Morgan fingerprint density at radius 1 is 1.27 bits per heavy atom. The molecule has 0 aromatic heterocycles. The normalized spacial score (nSPS) is 9.67. The number of esters is 1. The Morgan fingerprint density at radius 2 is 1.87 bits per heavy atom. The maximum absolute atomic E-state index is 11.4. The summed E-state index contributed by atoms with van der Waals surface area (Å²) in [6.45, 7) is 0.215. The summed E-state index contributed by atoms with van der Waals surface area (Å²) in [5, 5.41) is 9.34. The van der Waals surface area contributed by atoms with Crippen molar-refractivity contribution in [1.82, 2.24) is 0 Å². The van der Waals surface area contributed by atoms with Crippen LogP contribution in [0.5, 0.6) is 0 Å². The number of hydrogen-bond donors (Lipinski definition) is 1. The zero-order valence-electron chi connectivity index (χ0n) is 7.77. The number of carboxylic acids is 1. The van der Waals surface area contributed by atoms with Gasteiger partial charge in [-0.15, -0.1) is 0 Å². The first-order valence-electron chi connectivity index (χ1n) is 4.22. The molecular formula is C10H9BrO4. The maximum atomic E-state index is 11.4. The number of alkyl halides is 1. The van der Waals surface area contributed by atoms with Gasteiger partial charge < -0.3 is 9.84 Å². The average molecular weight is 273 g/mol. The van der Waals surface area contributed by atoms with E-state index in [1.54, 1.807) is 12.1 Å². The predicted molar refractivity (Wildman–Crippen MR) is 57.5 cm³/mol. The molecule has 4 nitrogen and oxygen atoms in total. The summed E-state index contributed by atoms with van der Waals surface area (Å²) in [6, 6.07) is 5.95. The van der Waals surface area contributed by atoms with Gasteiger partial charge in [-0.3, -0.25) is 0 Å². The topological polar surface area (TPSA) is 63.6 Å². The van der Waals surface area contributed by atoms with Crippen LogP contribution in [-0.4, -0.2) is 29.0 Å². The fraction of sp³-hybridized carbons (Fsp3) is 0.200. The SMILES string of the molecule is O=C(O)c1ccccc1C(=O)OCCBr. The number of aromatic carboxylic acids is 1. The Kier molecular flexibility index (Phi) is 4.30. The number of carbonyl (C=O) groups is 2. The molecule has 1 N–H and O–H groups in total. The Morgan fingerprint density at radius 3 is 2.40 bits per heavy atom. The van der Waals surface area contributed by atoms with Gasteiger partial charge in [0.2, 0.25) is 0 Å². The number of rotatable bonds is 4. The molecule has 0 heterocycles. The fourth-order valence-electron chi connectivity index (χ4n) is 1.06. The van der Waals surface area contributed by atoms with Crippen molar-refractivity contribution in [3.05, 3.63) is 35.4 Å². The van der Waals surface area contributed by atoms with Gasteiger partial charge in [-0.1, -0.05) is 28.1 Å². The van der Waals surface area contributed by atoms with Gasteiger partial charge in [-0.25, -0.2) is 9.59 Å². The molecule has 0 aliphatic heterocycles. The third kappa shape index (κ3) is 3.06. The molecule has 0 atom stereocenters. The lowest BCUT2D eigenvalue weighted by molar-refractivity contribution is 0.0519. The van der Waals surface area contributed by atoms with Crippen molar-refractivity contribution in [2.75, 3.05) is 11.9 Å². The summed E-state index contributed by atoms with van der Waals surface area (Å²) in [6.07, 6.45) is 0. The molecule has 0 saturated heterocycles. The first-order valence-corrected chi connectivity index (χ1v) is 5.34. The summed E-state index contributed by atoms with van der Waals surface area (Å²) in [7, 11) is 0. The van der Waals surface area contributed by atoms with Crippen LogP contribution in [0.15, 0.2) is 24.3 Å². The first-order chi connectivity index (χ1) is 7.16. The second-order valence-corrected chi connectivity index (χ2v) is 3.47. The van der Waals surface area contributed by atoms with Crippen LogP contribution in [-0.2, 0) is 4.74 Å². The quantitative estimate of drug-likeness (QED) is 0.672. The van der Waals surface area contributed by atoms with E-state index in [0.717, 1.165) is 0 Å². The lowest BCUT2D eigenvalue weighted by Crippen LogP contribution is -2.12. The third-order valence-electron chi connectivity index (χ3n) is 1.69. The highest BCUT2D eigenvalue weighted by Crippen LogP contribution is 2.10. The number of ether oxygens (including phenoxy) is 1. The van der Waals surface area contributed by atoms with Gasteiger partial charge >= 0.3 is 11.9 Å². The molecule has 80 valence electrons. The Labute approximate surface area is 95.0 Å². The lowest BCUT2D eigenvalue weighted by Gasteiger charge is -2.05. The molecule has 15 heavy (non-hydrogen) atoms. The van der Waals surface area contributed by atoms with E-state index in [1.165, 1.54) is 12.1 Å². The highest BCUT2D eigenvalue weighted by molar-refractivity contribution is 9.09. The monoisotopic (exact) mass is 272 g/mol. The summed E-state index contributed by atoms with van der Waals surface area (Å²) in [5.74, 6) is -1.76. The van der Waals surface area contributed by atoms with Crippen molar-refractivity contribution in [1.29, 1.82) is 0 Å². The van der Waals surface area contributed by atoms with Gasteiger partial charge in [0.1, 0.15) is 6.61 Å². The molecule has 0 saturated carbocycles. The molecule has 0 unspecified atom stereocenters. The van der Waals surface area contributed by atoms with Crippen molar-refractivity contribution in [2.24, 2.45) is 0 Å². The van der Waals surface area contributed by atoms with E-state index in [9.17, 15) is 9.59 Å². The molecular weight excluding hydrogens is 264 g/mol. The van der Waals surface area contributed by atoms with Crippen LogP contribution in [0.1, 0.15) is 20.7 Å². The average Bonchev–Trinajstić information content (AvgIpc) is 2.25. The van der Waals surface area contributed by atoms with Crippen molar-refractivity contribution in [3.63, 3.8) is 0 Å². The van der Waals surface area contributed by atoms with E-state index in [-0.39, 0.29) is 17.7 Å². The maximum Gasteiger partial charge on any atom is 0.339 e. The number of hydrogen-bond acceptors (Lipinski definition) is 3. The smallest absolute Gasteiger partial charge is 0.339 e. The van der Waals surface area contributed by atoms with Crippen LogP contribution in [0.4, 0.5) is 0 Å². The molecule has 1 aromatic carbocycles. The standard InChI is InChI=1S/C10H9BrO4/c11-5-6-15-10(14)8-4-2-1-3-7(8)9(12)13/h1-4H,5-6H2,(H,12,13). The van der Waals surface area contributed by atoms with Gasteiger partial charge in [0.15, 0.2) is 0 Å². The van der Waals surface area contributed by atoms with E-state index in [1.807, 2.05) is 0 Å². The summed E-state index contributed by atoms with van der Waals surface area (Å²) in [5.41, 5.74) is 0.0306. The van der Waals surface area contributed by atoms with Gasteiger partial charge in [-0.2, -0.15) is 0 Å². The van der Waals surface area contributed by atoms with Crippen LogP contribution in [0, 0.1) is 0 Å². The van der Waals surface area contributed by atoms with Gasteiger partial charge in [0, 0.05) is 5.33 Å². The van der Waals surface area contributed by atoms with Gasteiger partial charge in [0.05, 0.1) is 11.1 Å². The second-order valence-electron chi connectivity index (χ2n) is 2.68. The fourth-order valence-corrected chi connectivity index (χ4v) is 1.22. The van der Waals surface area contributed by atoms with Crippen LogP contribution in [0.2, 0.25) is 0 Å². The summed E-state index contributed by atoms with van der Waals surface area (Å²) >= 11 is 3.10. The molecule has 0 bridgehead atoms. The molecule has 0 amide bonds. The highest BCUT2D eigenvalue weighted by Gasteiger charge is 2.16. The molecule has 0 radical (unpaired) electrons. The molecule has 0 spiro atoms. The third-order valence-corrected chi connectivity index (χ3v) is 2.01. The van der Waals surface area contributed by atoms with Crippen LogP contribution >= 0.6 is 15.9 Å². The van der Waals surface area contributed by atoms with Crippen molar-refractivity contribution >= 4 is 27.9 Å². The number of halogens is 1. The molecule has 0 aliphatic carbocycles. The highest BCUT2D eigenvalue weighted by atomic mass is 79.9. The van der Waals surface area contributed by atoms with Crippen LogP contribution in [0.25, 0.3) is 0 Å². The minimum absolute atomic E-state index is 0.0444. The summed E-state index contributed by atoms with van der Waals surface area (Å²) < 4.78 is 4.82. The second kappa shape index (κ2) is 5.50. The van der Waals surface area contributed by atoms with Gasteiger partial charge in [0.25, 0.3) is 0 Å². The predicted octanol–water partition coefficient (Wildman–Crippen LogP) is 1.94. The van der Waals surface area contributed by atoms with Gasteiger partial charge in [-0.05, 0) is 12.1 Å². The minimum atomic E-state index is -1.14. The van der Waals surface area contributed by atoms with Crippen LogP contribution in [0.3, 0.4) is 0 Å². The minimum Gasteiger partial charge on any atom is -0.478 e. The Balaban J connectivity index is 2.92. The molecule has 1 aromatic rings. The van der Waals surface area contributed by atoms with Crippen molar-refractivity contribution in [2.45, 2.75) is 0 Å². The van der Waals surface area contributed by atoms with E-state index in [4.69, 9.17) is 9.84 Å². The number of benzene rings is 1. The lowest BCUT2D eigenvalue weighted by atomic mass is 10.1.